The molecule has 0 saturated heterocycles. The molecule has 1 N–H and O–H groups in total. The topological polar surface area (TPSA) is 54.9 Å². The first-order chi connectivity index (χ1) is 12.0. The van der Waals surface area contributed by atoms with Crippen molar-refractivity contribution < 1.29 is 9.18 Å². The fraction of sp³-hybridized carbons (Fsp3) is 0.211. The van der Waals surface area contributed by atoms with Crippen LogP contribution < -0.4 is 5.32 Å². The molecule has 128 valence electrons. The van der Waals surface area contributed by atoms with Gasteiger partial charge in [-0.2, -0.15) is 0 Å². The van der Waals surface area contributed by atoms with Gasteiger partial charge in [0.25, 0.3) is 0 Å². The molecule has 0 unspecified atom stereocenters. The van der Waals surface area contributed by atoms with Gasteiger partial charge in [0.2, 0.25) is 11.0 Å². The monoisotopic (exact) mass is 355 g/mol. The summed E-state index contributed by atoms with van der Waals surface area (Å²) < 4.78 is 13.3. The molecule has 25 heavy (non-hydrogen) atoms. The van der Waals surface area contributed by atoms with Gasteiger partial charge in [0, 0.05) is 12.0 Å². The molecule has 4 nitrogen and oxygen atoms in total. The summed E-state index contributed by atoms with van der Waals surface area (Å²) in [4.78, 5) is 11.8. The van der Waals surface area contributed by atoms with Gasteiger partial charge in [0.15, 0.2) is 0 Å². The van der Waals surface area contributed by atoms with Crippen molar-refractivity contribution in [3.8, 4) is 21.7 Å². The van der Waals surface area contributed by atoms with Crippen LogP contribution in [0.1, 0.15) is 20.3 Å². The third-order valence-corrected chi connectivity index (χ3v) is 4.44. The number of benzene rings is 2. The lowest BCUT2D eigenvalue weighted by Crippen LogP contribution is -2.13. The SMILES string of the molecule is CC(C)CC(=O)Nc1nnc(-c2ccc(-c3cccc(F)c3)cc2)s1. The molecule has 3 rings (SSSR count). The van der Waals surface area contributed by atoms with E-state index >= 15 is 0 Å². The first kappa shape index (κ1) is 17.2. The van der Waals surface area contributed by atoms with Gasteiger partial charge >= 0.3 is 0 Å². The standard InChI is InChI=1S/C19H18FN3OS/c1-12(2)10-17(24)21-19-23-22-18(25-19)14-8-6-13(7-9-14)15-4-3-5-16(20)11-15/h3-9,11-12H,10H2,1-2H3,(H,21,23,24). The van der Waals surface area contributed by atoms with Gasteiger partial charge in [-0.15, -0.1) is 10.2 Å². The Morgan fingerprint density at radius 1 is 1.08 bits per heavy atom. The predicted octanol–water partition coefficient (Wildman–Crippen LogP) is 5.00. The molecule has 0 fully saturated rings. The molecule has 0 spiro atoms. The minimum Gasteiger partial charge on any atom is -0.301 e. The highest BCUT2D eigenvalue weighted by molar-refractivity contribution is 7.18. The van der Waals surface area contributed by atoms with Crippen LogP contribution >= 0.6 is 11.3 Å². The van der Waals surface area contributed by atoms with Crippen molar-refractivity contribution in [2.75, 3.05) is 5.32 Å². The van der Waals surface area contributed by atoms with Crippen molar-refractivity contribution in [3.05, 3.63) is 54.3 Å². The van der Waals surface area contributed by atoms with E-state index in [1.54, 1.807) is 6.07 Å². The minimum atomic E-state index is -0.257. The van der Waals surface area contributed by atoms with Gasteiger partial charge in [0.05, 0.1) is 0 Å². The van der Waals surface area contributed by atoms with E-state index in [1.165, 1.54) is 23.5 Å². The Kier molecular flexibility index (Phi) is 5.19. The molecule has 0 aliphatic heterocycles. The third-order valence-electron chi connectivity index (χ3n) is 3.55. The van der Waals surface area contributed by atoms with Gasteiger partial charge in [-0.1, -0.05) is 61.6 Å². The smallest absolute Gasteiger partial charge is 0.226 e. The molecule has 1 heterocycles. The highest BCUT2D eigenvalue weighted by atomic mass is 32.1. The number of carbonyl (C=O) groups excluding carboxylic acids is 1. The maximum absolute atomic E-state index is 13.3. The minimum absolute atomic E-state index is 0.0563. The van der Waals surface area contributed by atoms with E-state index in [4.69, 9.17) is 0 Å². The summed E-state index contributed by atoms with van der Waals surface area (Å²) in [7, 11) is 0. The predicted molar refractivity (Wildman–Crippen MR) is 98.8 cm³/mol. The number of anilines is 1. The summed E-state index contributed by atoms with van der Waals surface area (Å²) in [6.45, 7) is 3.98. The largest absolute Gasteiger partial charge is 0.301 e. The van der Waals surface area contributed by atoms with Gasteiger partial charge in [-0.3, -0.25) is 4.79 Å². The number of carbonyl (C=O) groups is 1. The first-order valence-electron chi connectivity index (χ1n) is 8.01. The van der Waals surface area contributed by atoms with Crippen LogP contribution in [-0.4, -0.2) is 16.1 Å². The molecule has 2 aromatic carbocycles. The van der Waals surface area contributed by atoms with E-state index in [0.29, 0.717) is 17.5 Å². The molecule has 0 aliphatic carbocycles. The maximum Gasteiger partial charge on any atom is 0.226 e. The van der Waals surface area contributed by atoms with E-state index in [1.807, 2.05) is 44.2 Å². The van der Waals surface area contributed by atoms with Gasteiger partial charge in [-0.05, 0) is 29.2 Å². The molecule has 6 heteroatoms. The van der Waals surface area contributed by atoms with Crippen molar-refractivity contribution in [1.82, 2.24) is 10.2 Å². The van der Waals surface area contributed by atoms with E-state index in [0.717, 1.165) is 21.7 Å². The van der Waals surface area contributed by atoms with Crippen LogP contribution in [0.15, 0.2) is 48.5 Å². The molecule has 0 atom stereocenters. The molecule has 3 aromatic rings. The lowest BCUT2D eigenvalue weighted by atomic mass is 10.0. The second kappa shape index (κ2) is 7.53. The number of aromatic nitrogens is 2. The fourth-order valence-electron chi connectivity index (χ4n) is 2.40. The Hall–Kier alpha value is -2.60. The van der Waals surface area contributed by atoms with Crippen molar-refractivity contribution in [2.45, 2.75) is 20.3 Å². The number of halogens is 1. The third kappa shape index (κ3) is 4.48. The lowest BCUT2D eigenvalue weighted by molar-refractivity contribution is -0.116. The second-order valence-electron chi connectivity index (χ2n) is 6.15. The Morgan fingerprint density at radius 2 is 1.80 bits per heavy atom. The summed E-state index contributed by atoms with van der Waals surface area (Å²) in [5, 5.41) is 12.1. The fourth-order valence-corrected chi connectivity index (χ4v) is 3.17. The van der Waals surface area contributed by atoms with E-state index < -0.39 is 0 Å². The number of nitrogens with one attached hydrogen (secondary N) is 1. The molecule has 0 saturated carbocycles. The maximum atomic E-state index is 13.3. The van der Waals surface area contributed by atoms with Crippen LogP contribution in [0, 0.1) is 11.7 Å². The number of rotatable bonds is 5. The second-order valence-corrected chi connectivity index (χ2v) is 7.12. The summed E-state index contributed by atoms with van der Waals surface area (Å²) in [6, 6.07) is 14.2. The molecule has 1 aromatic heterocycles. The highest BCUT2D eigenvalue weighted by Crippen LogP contribution is 2.29. The average Bonchev–Trinajstić information content (AvgIpc) is 3.02. The zero-order valence-corrected chi connectivity index (χ0v) is 14.8. The number of hydrogen-bond donors (Lipinski definition) is 1. The van der Waals surface area contributed by atoms with Crippen LogP contribution in [0.25, 0.3) is 21.7 Å². The van der Waals surface area contributed by atoms with Crippen molar-refractivity contribution >= 4 is 22.4 Å². The Balaban J connectivity index is 1.74. The van der Waals surface area contributed by atoms with E-state index in [2.05, 4.69) is 15.5 Å². The Labute approximate surface area is 149 Å². The van der Waals surface area contributed by atoms with Crippen LogP contribution in [0.4, 0.5) is 9.52 Å². The lowest BCUT2D eigenvalue weighted by Gasteiger charge is -2.03. The summed E-state index contributed by atoms with van der Waals surface area (Å²) in [5.41, 5.74) is 2.66. The van der Waals surface area contributed by atoms with E-state index in [9.17, 15) is 9.18 Å². The molecule has 0 radical (unpaired) electrons. The Bertz CT molecular complexity index is 874. The number of amides is 1. The van der Waals surface area contributed by atoms with Crippen LogP contribution in [-0.2, 0) is 4.79 Å². The molecular weight excluding hydrogens is 337 g/mol. The quantitative estimate of drug-likeness (QED) is 0.701. The Morgan fingerprint density at radius 3 is 2.48 bits per heavy atom. The van der Waals surface area contributed by atoms with Crippen LogP contribution in [0.5, 0.6) is 0 Å². The van der Waals surface area contributed by atoms with Crippen LogP contribution in [0.2, 0.25) is 0 Å². The van der Waals surface area contributed by atoms with Crippen molar-refractivity contribution in [2.24, 2.45) is 5.92 Å². The van der Waals surface area contributed by atoms with Gasteiger partial charge in [-0.25, -0.2) is 4.39 Å². The normalized spacial score (nSPS) is 10.9. The van der Waals surface area contributed by atoms with Crippen LogP contribution in [0.3, 0.4) is 0 Å². The average molecular weight is 355 g/mol. The summed E-state index contributed by atoms with van der Waals surface area (Å²) in [6.07, 6.45) is 0.456. The highest BCUT2D eigenvalue weighted by Gasteiger charge is 2.11. The first-order valence-corrected chi connectivity index (χ1v) is 8.82. The molecule has 1 amide bonds. The molecular formula is C19H18FN3OS. The summed E-state index contributed by atoms with van der Waals surface area (Å²) >= 11 is 1.33. The van der Waals surface area contributed by atoms with Crippen molar-refractivity contribution in [1.29, 1.82) is 0 Å². The zero-order valence-electron chi connectivity index (χ0n) is 14.0. The zero-order chi connectivity index (χ0) is 17.8. The summed E-state index contributed by atoms with van der Waals surface area (Å²) in [5.74, 6) is -0.0191. The molecule has 0 aliphatic rings. The van der Waals surface area contributed by atoms with Crippen molar-refractivity contribution in [3.63, 3.8) is 0 Å². The number of nitrogens with zero attached hydrogens (tertiary/aromatic N) is 2. The van der Waals surface area contributed by atoms with Gasteiger partial charge in [0.1, 0.15) is 10.8 Å². The number of hydrogen-bond acceptors (Lipinski definition) is 4. The van der Waals surface area contributed by atoms with E-state index in [-0.39, 0.29) is 11.7 Å². The van der Waals surface area contributed by atoms with Gasteiger partial charge < -0.3 is 5.32 Å². The molecule has 0 bridgehead atoms.